The molecular weight excluding hydrogens is 557 g/mol. The number of allylic oxidation sites excluding steroid dienone is 2. The van der Waals surface area contributed by atoms with Crippen molar-refractivity contribution < 1.29 is 14.6 Å². The number of aryl methyl sites for hydroxylation is 1. The van der Waals surface area contributed by atoms with Gasteiger partial charge >= 0.3 is 6.55 Å². The summed E-state index contributed by atoms with van der Waals surface area (Å²) in [6.07, 6.45) is 2.56. The van der Waals surface area contributed by atoms with E-state index in [1.54, 1.807) is 18.2 Å². The first-order chi connectivity index (χ1) is 21.0. The van der Waals surface area contributed by atoms with Gasteiger partial charge in [0.25, 0.3) is 0 Å². The van der Waals surface area contributed by atoms with Crippen molar-refractivity contribution in [2.24, 2.45) is 0 Å². The monoisotopic (exact) mass is 604 g/mol. The van der Waals surface area contributed by atoms with Crippen LogP contribution in [-0.4, -0.2) is 42.5 Å². The number of para-hydroxylation sites is 1. The van der Waals surface area contributed by atoms with Crippen molar-refractivity contribution in [1.29, 1.82) is 5.41 Å². The third-order valence-electron chi connectivity index (χ3n) is 8.17. The number of nitrogens with zero attached hydrogens (tertiary/aromatic N) is 2. The Morgan fingerprint density at radius 1 is 1.00 bits per heavy atom. The zero-order valence-electron chi connectivity index (χ0n) is 26.5. The van der Waals surface area contributed by atoms with E-state index < -0.39 is 18.9 Å². The molecule has 44 heavy (non-hydrogen) atoms. The van der Waals surface area contributed by atoms with Crippen LogP contribution >= 0.6 is 0 Å². The maximum Gasteiger partial charge on any atom is 0.316 e. The summed E-state index contributed by atoms with van der Waals surface area (Å²) >= 11 is 0. The second-order valence-corrected chi connectivity index (χ2v) is 12.0. The molecule has 0 saturated carbocycles. The fourth-order valence-electron chi connectivity index (χ4n) is 5.93. The van der Waals surface area contributed by atoms with Gasteiger partial charge in [0.05, 0.1) is 11.4 Å². The number of hydrogen-bond acceptors (Lipinski definition) is 4. The first kappa shape index (κ1) is 33.1. The summed E-state index contributed by atoms with van der Waals surface area (Å²) in [5.74, 6) is 0. The normalized spacial score (nSPS) is 17.7. The lowest BCUT2D eigenvalue weighted by atomic mass is 9.95. The molecule has 2 N–H and O–H groups in total. The van der Waals surface area contributed by atoms with Gasteiger partial charge in [-0.3, -0.25) is 15.2 Å². The van der Waals surface area contributed by atoms with Crippen LogP contribution in [0.1, 0.15) is 82.4 Å². The van der Waals surface area contributed by atoms with Gasteiger partial charge < -0.3 is 5.32 Å². The summed E-state index contributed by atoms with van der Waals surface area (Å²) in [6, 6.07) is 20.8. The molecule has 5 rings (SSSR count). The minimum Gasteiger partial charge on any atom is -0.382 e. The van der Waals surface area contributed by atoms with Crippen LogP contribution in [0.5, 0.6) is 0 Å². The number of nitrogens with one attached hydrogen (secondary N) is 2. The molecule has 0 radical (unpaired) electrons. The first-order valence-electron chi connectivity index (χ1n) is 15.4. The van der Waals surface area contributed by atoms with Crippen LogP contribution < -0.4 is 10.2 Å². The fourth-order valence-corrected chi connectivity index (χ4v) is 5.93. The Labute approximate surface area is 262 Å². The van der Waals surface area contributed by atoms with Gasteiger partial charge in [-0.05, 0) is 94.0 Å². The van der Waals surface area contributed by atoms with Crippen molar-refractivity contribution in [2.75, 3.05) is 23.3 Å². The second kappa shape index (κ2) is 14.8. The highest BCUT2D eigenvalue weighted by atomic mass is 19.3. The average Bonchev–Trinajstić information content (AvgIpc) is 3.00. The smallest absolute Gasteiger partial charge is 0.316 e. The van der Waals surface area contributed by atoms with Crippen LogP contribution in [0.2, 0.25) is 0 Å². The second-order valence-electron chi connectivity index (χ2n) is 12.0. The molecule has 1 fully saturated rings. The van der Waals surface area contributed by atoms with Gasteiger partial charge in [-0.15, -0.1) is 6.58 Å². The van der Waals surface area contributed by atoms with Crippen LogP contribution in [0.4, 0.5) is 24.5 Å². The number of benzene rings is 3. The zero-order valence-corrected chi connectivity index (χ0v) is 26.5. The highest BCUT2D eigenvalue weighted by molar-refractivity contribution is 6.12. The van der Waals surface area contributed by atoms with Gasteiger partial charge in [0.1, 0.15) is 12.3 Å². The van der Waals surface area contributed by atoms with Gasteiger partial charge in [0.15, 0.2) is 0 Å². The summed E-state index contributed by atoms with van der Waals surface area (Å²) in [5, 5.41) is 12.4. The topological polar surface area (TPSA) is 42.4 Å². The Hall–Kier alpha value is -3.84. The zero-order chi connectivity index (χ0) is 32.0. The van der Waals surface area contributed by atoms with Gasteiger partial charge in [-0.2, -0.15) is 8.78 Å². The molecule has 1 saturated heterocycles. The third kappa shape index (κ3) is 7.81. The summed E-state index contributed by atoms with van der Waals surface area (Å²) in [6.45, 7) is 12.1. The minimum absolute atomic E-state index is 0. The Kier molecular flexibility index (Phi) is 11.1. The van der Waals surface area contributed by atoms with Crippen molar-refractivity contribution in [2.45, 2.75) is 78.8 Å². The number of hydrogen-bond donors (Lipinski definition) is 2. The minimum atomic E-state index is -2.58. The van der Waals surface area contributed by atoms with Crippen molar-refractivity contribution in [1.82, 2.24) is 4.90 Å². The van der Waals surface area contributed by atoms with E-state index in [9.17, 15) is 13.2 Å². The summed E-state index contributed by atoms with van der Waals surface area (Å²) in [4.78, 5) is 3.38. The molecule has 0 spiro atoms. The highest BCUT2D eigenvalue weighted by Gasteiger charge is 2.36. The molecule has 3 aromatic rings. The molecule has 2 unspecified atom stereocenters. The molecule has 2 aliphatic rings. The fraction of sp³-hybridized carbons (Fsp3) is 0.378. The lowest BCUT2D eigenvalue weighted by Crippen LogP contribution is -2.54. The van der Waals surface area contributed by atoms with E-state index in [1.165, 1.54) is 10.5 Å². The average molecular weight is 605 g/mol. The number of piperidine rings is 1. The molecule has 0 aliphatic carbocycles. The predicted molar refractivity (Wildman–Crippen MR) is 181 cm³/mol. The van der Waals surface area contributed by atoms with E-state index in [0.717, 1.165) is 40.8 Å². The molecule has 7 heteroatoms. The maximum atomic E-state index is 14.2. The van der Waals surface area contributed by atoms with Crippen LogP contribution in [0.25, 0.3) is 5.57 Å². The molecule has 2 heterocycles. The standard InChI is InChI=1S/C33H37F3N4.C4H8.H2/c1-4-29(34)23-8-7-9-24(20-23)32(37)28-13-12-26(18-21(28)2)38-25-14-16-39(17-15-25)31-19-22(3)27-10-5-6-11-30(27)40(31)33(35)36;1-4(2)3;/h5-13,18-20,25,29,31,33,37-38H,4,14-17H2,1-3H3;1H2,2-3H3;1H. The molecule has 2 atom stereocenters. The summed E-state index contributed by atoms with van der Waals surface area (Å²) in [5.41, 5.74) is 8.10. The van der Waals surface area contributed by atoms with Gasteiger partial charge in [-0.25, -0.2) is 4.39 Å². The highest BCUT2D eigenvalue weighted by Crippen LogP contribution is 2.37. The van der Waals surface area contributed by atoms with E-state index >= 15 is 0 Å². The van der Waals surface area contributed by atoms with Crippen molar-refractivity contribution in [3.63, 3.8) is 0 Å². The van der Waals surface area contributed by atoms with E-state index in [2.05, 4.69) is 16.8 Å². The van der Waals surface area contributed by atoms with Crippen molar-refractivity contribution in [3.05, 3.63) is 113 Å². The Bertz CT molecular complexity index is 1490. The lowest BCUT2D eigenvalue weighted by Gasteiger charge is -2.45. The Morgan fingerprint density at radius 2 is 1.68 bits per heavy atom. The first-order valence-corrected chi connectivity index (χ1v) is 15.4. The molecule has 3 aromatic carbocycles. The molecule has 0 bridgehead atoms. The van der Waals surface area contributed by atoms with Gasteiger partial charge in [-0.1, -0.05) is 55.0 Å². The number of anilines is 2. The molecule has 4 nitrogen and oxygen atoms in total. The van der Waals surface area contributed by atoms with Gasteiger partial charge in [0.2, 0.25) is 0 Å². The lowest BCUT2D eigenvalue weighted by molar-refractivity contribution is 0.0885. The molecular formula is C37H47F3N4. The summed E-state index contributed by atoms with van der Waals surface area (Å²) in [7, 11) is 0. The molecule has 0 aromatic heterocycles. The Morgan fingerprint density at radius 3 is 2.32 bits per heavy atom. The summed E-state index contributed by atoms with van der Waals surface area (Å²) < 4.78 is 42.7. The van der Waals surface area contributed by atoms with Crippen LogP contribution in [0.3, 0.4) is 0 Å². The van der Waals surface area contributed by atoms with E-state index in [-0.39, 0.29) is 7.47 Å². The van der Waals surface area contributed by atoms with Gasteiger partial charge in [0, 0.05) is 42.9 Å². The quantitative estimate of drug-likeness (QED) is 0.153. The number of alkyl halides is 3. The van der Waals surface area contributed by atoms with E-state index in [1.807, 2.05) is 89.2 Å². The molecule has 2 aliphatic heterocycles. The van der Waals surface area contributed by atoms with Crippen LogP contribution in [-0.2, 0) is 0 Å². The Balaban J connectivity index is 0.00000104. The number of likely N-dealkylation sites (tertiary alicyclic amines) is 1. The number of rotatable bonds is 8. The molecule has 0 amide bonds. The SMILES string of the molecule is C=C(C)C.CCC(F)c1cccc(C(=N)c2ccc(NC3CCN(C4C=C(C)c5ccccc5N4C(F)F)CC3)cc2C)c1.[HH]. The van der Waals surface area contributed by atoms with Crippen molar-refractivity contribution in [3.8, 4) is 0 Å². The van der Waals surface area contributed by atoms with Crippen molar-refractivity contribution >= 4 is 22.7 Å². The largest absolute Gasteiger partial charge is 0.382 e. The van der Waals surface area contributed by atoms with E-state index in [4.69, 9.17) is 5.41 Å². The predicted octanol–water partition coefficient (Wildman–Crippen LogP) is 10.0. The third-order valence-corrected chi connectivity index (χ3v) is 8.17. The van der Waals surface area contributed by atoms with Crippen LogP contribution in [0.15, 0.2) is 85.0 Å². The number of fused-ring (bicyclic) bond motifs is 1. The van der Waals surface area contributed by atoms with E-state index in [0.29, 0.717) is 42.0 Å². The molecule has 236 valence electrons. The maximum absolute atomic E-state index is 14.2. The van der Waals surface area contributed by atoms with Crippen LogP contribution in [0, 0.1) is 12.3 Å². The number of halogens is 3.